The Morgan fingerprint density at radius 1 is 1.07 bits per heavy atom. The van der Waals surface area contributed by atoms with E-state index < -0.39 is 0 Å². The number of nitrogens with zero attached hydrogens (tertiary/aromatic N) is 1. The van der Waals surface area contributed by atoms with Gasteiger partial charge >= 0.3 is 0 Å². The number of nitrogens with one attached hydrogen (secondary N) is 1. The minimum atomic E-state index is -0.116. The summed E-state index contributed by atoms with van der Waals surface area (Å²) < 4.78 is 5.79. The van der Waals surface area contributed by atoms with Gasteiger partial charge in [0.2, 0.25) is 0 Å². The quantitative estimate of drug-likeness (QED) is 0.474. The van der Waals surface area contributed by atoms with Gasteiger partial charge in [0.15, 0.2) is 5.06 Å². The fourth-order valence-electron chi connectivity index (χ4n) is 2.61. The number of pyridine rings is 1. The van der Waals surface area contributed by atoms with Crippen LogP contribution in [-0.2, 0) is 6.54 Å². The van der Waals surface area contributed by atoms with Gasteiger partial charge in [-0.1, -0.05) is 17.7 Å². The molecule has 4 aromatic rings. The fourth-order valence-corrected chi connectivity index (χ4v) is 3.55. The normalized spacial score (nSPS) is 10.7. The van der Waals surface area contributed by atoms with E-state index in [1.54, 1.807) is 24.4 Å². The number of hydrogen-bond acceptors (Lipinski definition) is 4. The minimum absolute atomic E-state index is 0.116. The number of thiophene rings is 1. The molecule has 0 aliphatic carbocycles. The molecule has 2 aromatic carbocycles. The van der Waals surface area contributed by atoms with Gasteiger partial charge in [-0.15, -0.1) is 11.3 Å². The number of rotatable bonds is 5. The van der Waals surface area contributed by atoms with Crippen LogP contribution in [0.4, 0.5) is 0 Å². The van der Waals surface area contributed by atoms with Crippen LogP contribution in [0.1, 0.15) is 15.2 Å². The number of amides is 1. The molecule has 0 aliphatic heterocycles. The number of aromatic nitrogens is 1. The van der Waals surface area contributed by atoms with Crippen LogP contribution in [0.2, 0.25) is 5.02 Å². The number of benzene rings is 2. The first kappa shape index (κ1) is 17.5. The van der Waals surface area contributed by atoms with Crippen LogP contribution >= 0.6 is 22.9 Å². The van der Waals surface area contributed by atoms with Crippen molar-refractivity contribution < 1.29 is 9.53 Å². The minimum Gasteiger partial charge on any atom is -0.447 e. The molecule has 0 unspecified atom stereocenters. The Balaban J connectivity index is 1.38. The maximum atomic E-state index is 12.4. The first-order valence-electron chi connectivity index (χ1n) is 8.32. The van der Waals surface area contributed by atoms with Crippen molar-refractivity contribution >= 4 is 39.7 Å². The summed E-state index contributed by atoms with van der Waals surface area (Å²) in [6.45, 7) is 0.443. The van der Waals surface area contributed by atoms with Gasteiger partial charge in [-0.25, -0.2) is 0 Å². The van der Waals surface area contributed by atoms with Crippen LogP contribution in [0, 0.1) is 0 Å². The van der Waals surface area contributed by atoms with E-state index in [4.69, 9.17) is 16.3 Å². The second-order valence-corrected chi connectivity index (χ2v) is 7.44. The molecule has 4 rings (SSSR count). The van der Waals surface area contributed by atoms with E-state index >= 15 is 0 Å². The zero-order chi connectivity index (χ0) is 18.6. The van der Waals surface area contributed by atoms with E-state index in [9.17, 15) is 4.79 Å². The van der Waals surface area contributed by atoms with Gasteiger partial charge in [0.05, 0.1) is 12.1 Å². The second-order valence-electron chi connectivity index (χ2n) is 5.87. The summed E-state index contributed by atoms with van der Waals surface area (Å²) in [6, 6.07) is 20.3. The third-order valence-electron chi connectivity index (χ3n) is 3.96. The summed E-state index contributed by atoms with van der Waals surface area (Å²) in [5, 5.41) is 5.32. The molecular weight excluding hydrogens is 380 g/mol. The molecule has 0 spiro atoms. The van der Waals surface area contributed by atoms with Crippen molar-refractivity contribution in [2.45, 2.75) is 6.54 Å². The molecule has 2 aromatic heterocycles. The molecule has 134 valence electrons. The van der Waals surface area contributed by atoms with E-state index in [1.165, 1.54) is 11.3 Å². The highest BCUT2D eigenvalue weighted by Crippen LogP contribution is 2.30. The van der Waals surface area contributed by atoms with Crippen molar-refractivity contribution in [3.05, 3.63) is 88.4 Å². The van der Waals surface area contributed by atoms with Gasteiger partial charge in [0.1, 0.15) is 5.75 Å². The van der Waals surface area contributed by atoms with Crippen molar-refractivity contribution in [1.82, 2.24) is 10.3 Å². The Labute approximate surface area is 165 Å². The standard InChI is InChI=1S/C21H15ClN2O2S/c22-16-4-6-17(7-5-16)26-20-10-8-18(27-20)13-24-21(25)15-3-9-19-14(12-15)2-1-11-23-19/h1-12H,13H2,(H,24,25). The molecule has 0 atom stereocenters. The Morgan fingerprint density at radius 2 is 1.93 bits per heavy atom. The number of fused-ring (bicyclic) bond motifs is 1. The third-order valence-corrected chi connectivity index (χ3v) is 5.17. The van der Waals surface area contributed by atoms with Gasteiger partial charge in [-0.2, -0.15) is 0 Å². The summed E-state index contributed by atoms with van der Waals surface area (Å²) in [4.78, 5) is 17.7. The molecule has 0 fully saturated rings. The summed E-state index contributed by atoms with van der Waals surface area (Å²) in [5.74, 6) is 0.607. The second kappa shape index (κ2) is 7.78. The molecule has 0 saturated heterocycles. The zero-order valence-electron chi connectivity index (χ0n) is 14.2. The molecule has 0 saturated carbocycles. The first-order chi connectivity index (χ1) is 13.2. The molecule has 0 bridgehead atoms. The summed E-state index contributed by atoms with van der Waals surface area (Å²) in [6.07, 6.45) is 1.74. The molecule has 0 aliphatic rings. The van der Waals surface area contributed by atoms with E-state index in [0.29, 0.717) is 17.1 Å². The van der Waals surface area contributed by atoms with Crippen molar-refractivity contribution in [2.24, 2.45) is 0 Å². The third kappa shape index (κ3) is 4.27. The Hall–Kier alpha value is -2.89. The first-order valence-corrected chi connectivity index (χ1v) is 9.52. The van der Waals surface area contributed by atoms with Crippen molar-refractivity contribution in [2.75, 3.05) is 0 Å². The molecule has 6 heteroatoms. The Morgan fingerprint density at radius 3 is 2.78 bits per heavy atom. The smallest absolute Gasteiger partial charge is 0.251 e. The number of ether oxygens (including phenoxy) is 1. The van der Waals surface area contributed by atoms with Crippen LogP contribution < -0.4 is 10.1 Å². The molecule has 2 heterocycles. The molecule has 1 N–H and O–H groups in total. The topological polar surface area (TPSA) is 51.2 Å². The molecule has 27 heavy (non-hydrogen) atoms. The maximum absolute atomic E-state index is 12.4. The Bertz CT molecular complexity index is 1090. The van der Waals surface area contributed by atoms with E-state index in [2.05, 4.69) is 10.3 Å². The highest BCUT2D eigenvalue weighted by atomic mass is 35.5. The van der Waals surface area contributed by atoms with Crippen molar-refractivity contribution in [3.8, 4) is 10.8 Å². The number of carbonyl (C=O) groups is 1. The average Bonchev–Trinajstić information content (AvgIpc) is 3.15. The lowest BCUT2D eigenvalue weighted by molar-refractivity contribution is 0.0951. The SMILES string of the molecule is O=C(NCc1ccc(Oc2ccc(Cl)cc2)s1)c1ccc2ncccc2c1. The van der Waals surface area contributed by atoms with Crippen molar-refractivity contribution in [3.63, 3.8) is 0 Å². The van der Waals surface area contributed by atoms with Gasteiger partial charge in [0, 0.05) is 27.0 Å². The van der Waals surface area contributed by atoms with Gasteiger partial charge in [-0.05, 0) is 60.7 Å². The highest BCUT2D eigenvalue weighted by molar-refractivity contribution is 7.13. The van der Waals surface area contributed by atoms with Crippen LogP contribution in [-0.4, -0.2) is 10.9 Å². The fraction of sp³-hybridized carbons (Fsp3) is 0.0476. The average molecular weight is 395 g/mol. The Kier molecular flexibility index (Phi) is 5.05. The summed E-state index contributed by atoms with van der Waals surface area (Å²) in [5.41, 5.74) is 1.49. The van der Waals surface area contributed by atoms with Crippen molar-refractivity contribution in [1.29, 1.82) is 0 Å². The van der Waals surface area contributed by atoms with Crippen LogP contribution in [0.5, 0.6) is 10.8 Å². The molecule has 0 radical (unpaired) electrons. The molecule has 1 amide bonds. The lowest BCUT2D eigenvalue weighted by Crippen LogP contribution is -2.22. The predicted molar refractivity (Wildman–Crippen MR) is 109 cm³/mol. The van der Waals surface area contributed by atoms with E-state index in [-0.39, 0.29) is 5.91 Å². The van der Waals surface area contributed by atoms with Gasteiger partial charge in [-0.3, -0.25) is 9.78 Å². The number of hydrogen-bond donors (Lipinski definition) is 1. The maximum Gasteiger partial charge on any atom is 0.251 e. The van der Waals surface area contributed by atoms with E-state index in [0.717, 1.165) is 26.6 Å². The largest absolute Gasteiger partial charge is 0.447 e. The lowest BCUT2D eigenvalue weighted by atomic mass is 10.1. The van der Waals surface area contributed by atoms with Gasteiger partial charge in [0.25, 0.3) is 5.91 Å². The van der Waals surface area contributed by atoms with Gasteiger partial charge < -0.3 is 10.1 Å². The monoisotopic (exact) mass is 394 g/mol. The predicted octanol–water partition coefficient (Wildman–Crippen LogP) is 5.67. The summed E-state index contributed by atoms with van der Waals surface area (Å²) >= 11 is 7.37. The van der Waals surface area contributed by atoms with Crippen LogP contribution in [0.15, 0.2) is 72.9 Å². The van der Waals surface area contributed by atoms with Crippen LogP contribution in [0.25, 0.3) is 10.9 Å². The molecule has 4 nitrogen and oxygen atoms in total. The lowest BCUT2D eigenvalue weighted by Gasteiger charge is -2.05. The van der Waals surface area contributed by atoms with E-state index in [1.807, 2.05) is 48.5 Å². The zero-order valence-corrected chi connectivity index (χ0v) is 15.8. The van der Waals surface area contributed by atoms with Crippen LogP contribution in [0.3, 0.4) is 0 Å². The molecular formula is C21H15ClN2O2S. The highest BCUT2D eigenvalue weighted by Gasteiger charge is 2.08. The summed E-state index contributed by atoms with van der Waals surface area (Å²) in [7, 11) is 0. The number of halogens is 1. The number of carbonyl (C=O) groups excluding carboxylic acids is 1.